The Kier molecular flexibility index (Phi) is 4.97. The van der Waals surface area contributed by atoms with Crippen LogP contribution in [0.25, 0.3) is 0 Å². The first kappa shape index (κ1) is 17.0. The smallest absolute Gasteiger partial charge is 0.311 e. The third kappa shape index (κ3) is 3.96. The molecule has 6 heteroatoms. The molecule has 1 aliphatic carbocycles. The highest BCUT2D eigenvalue weighted by atomic mass is 16.6. The summed E-state index contributed by atoms with van der Waals surface area (Å²) in [6.07, 6.45) is 3.00. The highest BCUT2D eigenvalue weighted by molar-refractivity contribution is 5.98. The van der Waals surface area contributed by atoms with Gasteiger partial charge in [0, 0.05) is 6.07 Å². The molecule has 2 aromatic carbocycles. The van der Waals surface area contributed by atoms with Crippen LogP contribution in [-0.4, -0.2) is 16.9 Å². The second-order valence-electron chi connectivity index (χ2n) is 6.15. The van der Waals surface area contributed by atoms with E-state index < -0.39 is 11.2 Å². The summed E-state index contributed by atoms with van der Waals surface area (Å²) in [6, 6.07) is 12.8. The predicted molar refractivity (Wildman–Crippen MR) is 97.0 cm³/mol. The van der Waals surface area contributed by atoms with E-state index in [0.717, 1.165) is 24.1 Å². The number of nitrogens with one attached hydrogen (secondary N) is 1. The summed E-state index contributed by atoms with van der Waals surface area (Å²) in [4.78, 5) is 10.6. The quantitative estimate of drug-likeness (QED) is 0.376. The Hall–Kier alpha value is -2.89. The van der Waals surface area contributed by atoms with Gasteiger partial charge in [0.25, 0.3) is 0 Å². The van der Waals surface area contributed by atoms with E-state index in [2.05, 4.69) is 28.7 Å². The molecule has 0 aromatic heterocycles. The van der Waals surface area contributed by atoms with E-state index in [4.69, 9.17) is 4.74 Å². The van der Waals surface area contributed by atoms with Crippen molar-refractivity contribution >= 4 is 11.4 Å². The van der Waals surface area contributed by atoms with Crippen LogP contribution in [-0.2, 0) is 12.8 Å². The lowest BCUT2D eigenvalue weighted by molar-refractivity contribution is -0.386. The molecule has 0 saturated carbocycles. The Balaban J connectivity index is 1.66. The number of nitro benzene ring substituents is 1. The fourth-order valence-corrected chi connectivity index (χ4v) is 2.97. The summed E-state index contributed by atoms with van der Waals surface area (Å²) in [5.74, 6) is 0.220. The molecule has 25 heavy (non-hydrogen) atoms. The van der Waals surface area contributed by atoms with Gasteiger partial charge < -0.3 is 4.74 Å². The Morgan fingerprint density at radius 1 is 1.24 bits per heavy atom. The van der Waals surface area contributed by atoms with Gasteiger partial charge in [0.2, 0.25) is 0 Å². The van der Waals surface area contributed by atoms with Crippen LogP contribution in [0.5, 0.6) is 5.75 Å². The number of fused-ring (bicyclic) bond motifs is 1. The molecule has 0 heterocycles. The normalized spacial score (nSPS) is 14.7. The molecule has 1 aliphatic rings. The molecule has 0 fully saturated rings. The number of para-hydroxylation sites is 2. The second-order valence-corrected chi connectivity index (χ2v) is 6.15. The summed E-state index contributed by atoms with van der Waals surface area (Å²) in [5, 5.41) is 15.4. The molecule has 0 unspecified atom stereocenters. The lowest BCUT2D eigenvalue weighted by atomic mass is 10.0. The Morgan fingerprint density at radius 2 is 2.00 bits per heavy atom. The van der Waals surface area contributed by atoms with Crippen LogP contribution in [0.15, 0.2) is 47.6 Å². The maximum atomic E-state index is 11.0. The summed E-state index contributed by atoms with van der Waals surface area (Å²) >= 11 is 0. The molecule has 1 atom stereocenters. The van der Waals surface area contributed by atoms with E-state index >= 15 is 0 Å². The molecule has 0 bridgehead atoms. The van der Waals surface area contributed by atoms with Crippen LogP contribution in [0.4, 0.5) is 5.69 Å². The van der Waals surface area contributed by atoms with Gasteiger partial charge in [-0.3, -0.25) is 15.5 Å². The Bertz CT molecular complexity index is 817. The number of benzene rings is 2. The maximum absolute atomic E-state index is 11.0. The first-order chi connectivity index (χ1) is 12.0. The van der Waals surface area contributed by atoms with Crippen LogP contribution in [0.1, 0.15) is 37.0 Å². The largest absolute Gasteiger partial charge is 0.462 e. The van der Waals surface area contributed by atoms with Gasteiger partial charge >= 0.3 is 5.69 Å². The van der Waals surface area contributed by atoms with E-state index in [9.17, 15) is 10.1 Å². The van der Waals surface area contributed by atoms with Crippen LogP contribution < -0.4 is 10.2 Å². The fourth-order valence-electron chi connectivity index (χ4n) is 2.97. The van der Waals surface area contributed by atoms with Crippen LogP contribution in [0, 0.1) is 10.1 Å². The fraction of sp³-hybridized carbons (Fsp3) is 0.316. The van der Waals surface area contributed by atoms with Crippen molar-refractivity contribution in [1.29, 1.82) is 0 Å². The van der Waals surface area contributed by atoms with Gasteiger partial charge in [-0.05, 0) is 61.9 Å². The number of nitrogens with zero attached hydrogens (tertiary/aromatic N) is 2. The zero-order valence-corrected chi connectivity index (χ0v) is 14.4. The van der Waals surface area contributed by atoms with Crippen molar-refractivity contribution in [1.82, 2.24) is 5.43 Å². The second kappa shape index (κ2) is 7.34. The van der Waals surface area contributed by atoms with Crippen LogP contribution in [0.3, 0.4) is 0 Å². The predicted octanol–water partition coefficient (Wildman–Crippen LogP) is 3.82. The first-order valence-corrected chi connectivity index (χ1v) is 8.36. The molecule has 0 radical (unpaired) electrons. The lowest BCUT2D eigenvalue weighted by Crippen LogP contribution is -2.28. The molecule has 1 N–H and O–H groups in total. The number of hydrogen-bond donors (Lipinski definition) is 1. The summed E-state index contributed by atoms with van der Waals surface area (Å²) < 4.78 is 5.61. The molecular formula is C19H21N3O3. The van der Waals surface area contributed by atoms with Gasteiger partial charge in [0.05, 0.1) is 10.6 Å². The van der Waals surface area contributed by atoms with E-state index in [1.807, 2.05) is 6.92 Å². The minimum Gasteiger partial charge on any atom is -0.462 e. The highest BCUT2D eigenvalue weighted by Crippen LogP contribution is 2.26. The zero-order chi connectivity index (χ0) is 17.8. The van der Waals surface area contributed by atoms with Gasteiger partial charge in [0.1, 0.15) is 0 Å². The van der Waals surface area contributed by atoms with Crippen LogP contribution in [0.2, 0.25) is 0 Å². The van der Waals surface area contributed by atoms with Gasteiger partial charge in [0.15, 0.2) is 12.0 Å². The monoisotopic (exact) mass is 339 g/mol. The van der Waals surface area contributed by atoms with Crippen molar-refractivity contribution in [3.8, 4) is 5.75 Å². The molecule has 130 valence electrons. The standard InChI is InChI=1S/C19H21N3O3/c1-13(16-11-10-15-6-5-7-17(15)12-16)20-21-14(2)25-19-9-4-3-8-18(19)22(23)24/h3-4,8-12,14,21H,5-7H2,1-2H3/b20-13-/t14-/m1/s1. The number of hydrogen-bond acceptors (Lipinski definition) is 5. The summed E-state index contributed by atoms with van der Waals surface area (Å²) in [5.41, 5.74) is 7.60. The Labute approximate surface area is 146 Å². The number of ether oxygens (including phenoxy) is 1. The molecule has 2 aromatic rings. The topological polar surface area (TPSA) is 76.8 Å². The molecule has 0 amide bonds. The van der Waals surface area contributed by atoms with Crippen LogP contribution >= 0.6 is 0 Å². The summed E-state index contributed by atoms with van der Waals surface area (Å²) in [7, 11) is 0. The number of nitro groups is 1. The minimum atomic E-state index is -0.495. The van der Waals surface area contributed by atoms with E-state index in [0.29, 0.717) is 0 Å². The highest BCUT2D eigenvalue weighted by Gasteiger charge is 2.16. The molecule has 0 aliphatic heterocycles. The molecule has 0 spiro atoms. The van der Waals surface area contributed by atoms with Crippen molar-refractivity contribution in [2.45, 2.75) is 39.3 Å². The van der Waals surface area contributed by atoms with E-state index in [1.54, 1.807) is 25.1 Å². The van der Waals surface area contributed by atoms with Crippen molar-refractivity contribution in [2.24, 2.45) is 5.10 Å². The SMILES string of the molecule is C/C(=N/N[C@@H](C)Oc1ccccc1[N+](=O)[O-])c1ccc2c(c1)CCC2. The average molecular weight is 339 g/mol. The van der Waals surface area contributed by atoms with Crippen molar-refractivity contribution in [3.05, 3.63) is 69.3 Å². The number of rotatable bonds is 6. The minimum absolute atomic E-state index is 0.0597. The average Bonchev–Trinajstić information content (AvgIpc) is 3.07. The van der Waals surface area contributed by atoms with Crippen molar-refractivity contribution in [2.75, 3.05) is 0 Å². The molecule has 6 nitrogen and oxygen atoms in total. The maximum Gasteiger partial charge on any atom is 0.311 e. The third-order valence-corrected chi connectivity index (χ3v) is 4.30. The van der Waals surface area contributed by atoms with Gasteiger partial charge in [-0.1, -0.05) is 24.3 Å². The zero-order valence-electron chi connectivity index (χ0n) is 14.4. The van der Waals surface area contributed by atoms with Gasteiger partial charge in [-0.15, -0.1) is 0 Å². The summed E-state index contributed by atoms with van der Waals surface area (Å²) in [6.45, 7) is 3.69. The molecule has 3 rings (SSSR count). The first-order valence-electron chi connectivity index (χ1n) is 8.36. The van der Waals surface area contributed by atoms with E-state index in [1.165, 1.54) is 23.6 Å². The third-order valence-electron chi connectivity index (χ3n) is 4.30. The molecule has 0 saturated heterocycles. The van der Waals surface area contributed by atoms with E-state index in [-0.39, 0.29) is 11.4 Å². The Morgan fingerprint density at radius 3 is 2.80 bits per heavy atom. The van der Waals surface area contributed by atoms with Gasteiger partial charge in [-0.25, -0.2) is 0 Å². The van der Waals surface area contributed by atoms with Gasteiger partial charge in [-0.2, -0.15) is 5.10 Å². The lowest BCUT2D eigenvalue weighted by Gasteiger charge is -2.15. The molecular weight excluding hydrogens is 318 g/mol. The number of aryl methyl sites for hydroxylation is 2. The number of hydrazone groups is 1. The van der Waals surface area contributed by atoms with Crippen molar-refractivity contribution < 1.29 is 9.66 Å². The van der Waals surface area contributed by atoms with Crippen molar-refractivity contribution in [3.63, 3.8) is 0 Å².